The van der Waals surface area contributed by atoms with Gasteiger partial charge in [0.05, 0.1) is 62.2 Å². The topological polar surface area (TPSA) is 176 Å². The van der Waals surface area contributed by atoms with E-state index < -0.39 is 0 Å². The highest BCUT2D eigenvalue weighted by atomic mass is 16.2. The van der Waals surface area contributed by atoms with E-state index in [4.69, 9.17) is 9.97 Å². The van der Waals surface area contributed by atoms with Crippen molar-refractivity contribution in [2.24, 2.45) is 5.92 Å². The number of amides is 4. The standard InChI is InChI=1S/C86H104N12O4/c1-54(2)83(99)90-77-59(34-24-46-94(9)10)30-20-38-68(77)74-73-53-66-45-44-64(88-66)50-63-42-43-65(87-63)51-67-52-71(58-28-18-17-19-29-58)81(89-67)76(70-40-22-32-61(36-26-48-96(13)14)79(70)92-85(101)56(5)6)82(75(74)69-39-21-31-60(35-25-47-95(11)12)78(69)91-84(100)55(3)4)98(73)72-41-23-33-62(37-27-49-97(15)16)80(72)93-86(102)57(7)8/h20-23,30-33,38-45,50-53,58,87H,1,3,5,7,17-19,24-29,34-37,46-49H2,2,4,6,8-16H3,(H,90,99)(H,91,100)(H,92,101)(H,93,102). The summed E-state index contributed by atoms with van der Waals surface area (Å²) in [5.74, 6) is -1.38. The summed E-state index contributed by atoms with van der Waals surface area (Å²) in [6.07, 6.45) is 16.6. The highest BCUT2D eigenvalue weighted by molar-refractivity contribution is 6.19. The largest absolute Gasteiger partial charge is 0.355 e. The third kappa shape index (κ3) is 17.9. The lowest BCUT2D eigenvalue weighted by Crippen LogP contribution is -2.18. The second kappa shape index (κ2) is 33.8. The molecule has 0 radical (unpaired) electrons. The van der Waals surface area contributed by atoms with Crippen LogP contribution in [0.15, 0.2) is 152 Å². The summed E-state index contributed by atoms with van der Waals surface area (Å²) in [6, 6.07) is 35.4. The van der Waals surface area contributed by atoms with Crippen molar-refractivity contribution in [2.75, 3.05) is 104 Å². The van der Waals surface area contributed by atoms with E-state index in [0.717, 1.165) is 129 Å². The molecule has 0 unspecified atom stereocenters. The van der Waals surface area contributed by atoms with Crippen LogP contribution in [0.2, 0.25) is 0 Å². The van der Waals surface area contributed by atoms with Gasteiger partial charge in [0.15, 0.2) is 0 Å². The molecule has 7 aromatic rings. The van der Waals surface area contributed by atoms with Crippen LogP contribution in [0.25, 0.3) is 84.9 Å². The van der Waals surface area contributed by atoms with Crippen LogP contribution < -0.4 is 21.3 Å². The maximum Gasteiger partial charge on any atom is 0.250 e. The van der Waals surface area contributed by atoms with Gasteiger partial charge >= 0.3 is 0 Å². The second-order valence-electron chi connectivity index (χ2n) is 29.0. The molecule has 1 fully saturated rings. The molecular formula is C86H104N12O4. The minimum atomic E-state index is -0.363. The van der Waals surface area contributed by atoms with E-state index in [1.165, 1.54) is 0 Å². The number of rotatable bonds is 29. The fourth-order valence-electron chi connectivity index (χ4n) is 14.0. The molecule has 2 aliphatic heterocycles. The summed E-state index contributed by atoms with van der Waals surface area (Å²) < 4.78 is 2.28. The van der Waals surface area contributed by atoms with Crippen LogP contribution in [0.3, 0.4) is 0 Å². The predicted octanol–water partition coefficient (Wildman–Crippen LogP) is 17.1. The van der Waals surface area contributed by atoms with Gasteiger partial charge in [-0.05, 0) is 263 Å². The van der Waals surface area contributed by atoms with Crippen LogP contribution in [0.4, 0.5) is 22.7 Å². The van der Waals surface area contributed by atoms with Gasteiger partial charge in [0.25, 0.3) is 23.6 Å². The van der Waals surface area contributed by atoms with Gasteiger partial charge in [0.2, 0.25) is 0 Å². The molecule has 10 rings (SSSR count). The molecule has 5 N–H and O–H groups in total. The van der Waals surface area contributed by atoms with Gasteiger partial charge in [-0.25, -0.2) is 9.97 Å². The molecule has 0 spiro atoms. The summed E-state index contributed by atoms with van der Waals surface area (Å²) in [4.78, 5) is 84.0. The summed E-state index contributed by atoms with van der Waals surface area (Å²) in [5.41, 5.74) is 18.4. The third-order valence-electron chi connectivity index (χ3n) is 19.2. The summed E-state index contributed by atoms with van der Waals surface area (Å²) in [7, 11) is 16.5. The first kappa shape index (κ1) is 74.8. The molecule has 532 valence electrons. The SMILES string of the molecule is C=C(C)C(=O)Nc1c(CCCN(C)C)cccc1-c1c(-c2cccc(CCCN(C)C)c2NC(=O)C(=C)C)c2c(-c3cccc(CCCN(C)C)c3NC(=O)C(=C)C)c3nc(cc4ccc(cc5nc(cc1n2-c1cccc(CCCN(C)C)c1NC(=O)C(=C)C)C=C5)[nH]4)C=C3C1CCCCC1. The summed E-state index contributed by atoms with van der Waals surface area (Å²) >= 11 is 0. The summed E-state index contributed by atoms with van der Waals surface area (Å²) in [6.45, 7) is 26.9. The predicted molar refractivity (Wildman–Crippen MR) is 427 cm³/mol. The Morgan fingerprint density at radius 1 is 0.461 bits per heavy atom. The quantitative estimate of drug-likeness (QED) is 0.0284. The van der Waals surface area contributed by atoms with Crippen molar-refractivity contribution in [3.05, 3.63) is 197 Å². The lowest BCUT2D eigenvalue weighted by molar-refractivity contribution is -0.113. The number of benzene rings is 4. The Kier molecular flexibility index (Phi) is 24.8. The Labute approximate surface area is 604 Å². The van der Waals surface area contributed by atoms with Crippen molar-refractivity contribution < 1.29 is 19.2 Å². The minimum Gasteiger partial charge on any atom is -0.355 e. The molecule has 8 bridgehead atoms. The zero-order chi connectivity index (χ0) is 73.1. The number of hydrogen-bond acceptors (Lipinski definition) is 10. The molecule has 3 aliphatic rings. The Hall–Kier alpha value is -9.84. The van der Waals surface area contributed by atoms with Gasteiger partial charge in [-0.2, -0.15) is 0 Å². The van der Waals surface area contributed by atoms with Crippen LogP contribution >= 0.6 is 0 Å². The zero-order valence-corrected chi connectivity index (χ0v) is 62.2. The number of H-pyrrole nitrogens is 1. The number of carbonyl (C=O) groups excluding carboxylic acids is 4. The summed E-state index contributed by atoms with van der Waals surface area (Å²) in [5, 5.41) is 14.0. The Morgan fingerprint density at radius 2 is 0.843 bits per heavy atom. The monoisotopic (exact) mass is 1370 g/mol. The van der Waals surface area contributed by atoms with Gasteiger partial charge < -0.3 is 50.4 Å². The van der Waals surface area contributed by atoms with E-state index in [0.29, 0.717) is 138 Å². The van der Waals surface area contributed by atoms with Crippen LogP contribution in [-0.2, 0) is 44.9 Å². The van der Waals surface area contributed by atoms with Crippen LogP contribution in [0, 0.1) is 5.92 Å². The molecule has 4 aromatic carbocycles. The molecule has 16 nitrogen and oxygen atoms in total. The van der Waals surface area contributed by atoms with Crippen LogP contribution in [0.1, 0.15) is 131 Å². The van der Waals surface area contributed by atoms with Crippen LogP contribution in [-0.4, -0.2) is 145 Å². The van der Waals surface area contributed by atoms with Crippen LogP contribution in [0.5, 0.6) is 0 Å². The smallest absolute Gasteiger partial charge is 0.250 e. The van der Waals surface area contributed by atoms with Crippen molar-refractivity contribution in [3.8, 4) is 39.1 Å². The minimum absolute atomic E-state index is 0.0485. The Morgan fingerprint density at radius 3 is 1.27 bits per heavy atom. The van der Waals surface area contributed by atoms with E-state index in [-0.39, 0.29) is 29.5 Å². The number of fused-ring (bicyclic) bond motifs is 8. The van der Waals surface area contributed by atoms with Gasteiger partial charge in [-0.3, -0.25) is 19.2 Å². The van der Waals surface area contributed by atoms with E-state index in [2.05, 4.69) is 236 Å². The molecule has 0 atom stereocenters. The maximum absolute atomic E-state index is 15.1. The number of aromatic amines is 1. The molecule has 102 heavy (non-hydrogen) atoms. The highest BCUT2D eigenvalue weighted by Gasteiger charge is 2.35. The molecule has 4 amide bonds. The van der Waals surface area contributed by atoms with Crippen molar-refractivity contribution >= 4 is 92.2 Å². The van der Waals surface area contributed by atoms with E-state index in [1.807, 2.05) is 18.2 Å². The fraction of sp³-hybridized carbons (Fsp3) is 0.349. The third-order valence-corrected chi connectivity index (χ3v) is 19.2. The van der Waals surface area contributed by atoms with Gasteiger partial charge in [0.1, 0.15) is 0 Å². The highest BCUT2D eigenvalue weighted by Crippen LogP contribution is 2.55. The Bertz CT molecular complexity index is 4640. The van der Waals surface area contributed by atoms with E-state index in [9.17, 15) is 4.79 Å². The average Bonchev–Trinajstić information content (AvgIpc) is 1.54. The number of hydrogen-bond donors (Lipinski definition) is 5. The molecule has 1 saturated carbocycles. The number of allylic oxidation sites excluding steroid dienone is 1. The van der Waals surface area contributed by atoms with Gasteiger partial charge in [0, 0.05) is 66.7 Å². The molecule has 1 aliphatic carbocycles. The lowest BCUT2D eigenvalue weighted by Gasteiger charge is -2.26. The number of para-hydroxylation sites is 4. The normalized spacial score (nSPS) is 13.0. The number of aromatic nitrogens is 4. The number of carbonyl (C=O) groups is 4. The van der Waals surface area contributed by atoms with Crippen molar-refractivity contribution in [1.29, 1.82) is 0 Å². The second-order valence-corrected chi connectivity index (χ2v) is 29.0. The first-order chi connectivity index (χ1) is 48.8. The van der Waals surface area contributed by atoms with Crippen molar-refractivity contribution in [3.63, 3.8) is 0 Å². The average molecular weight is 1370 g/mol. The lowest BCUT2D eigenvalue weighted by atomic mass is 9.80. The fourth-order valence-corrected chi connectivity index (χ4v) is 14.0. The van der Waals surface area contributed by atoms with Crippen molar-refractivity contribution in [1.82, 2.24) is 39.1 Å². The molecule has 3 aromatic heterocycles. The van der Waals surface area contributed by atoms with E-state index >= 15 is 14.4 Å². The first-order valence-electron chi connectivity index (χ1n) is 36.0. The molecule has 5 heterocycles. The maximum atomic E-state index is 15.1. The van der Waals surface area contributed by atoms with E-state index in [1.54, 1.807) is 27.7 Å². The number of anilines is 4. The van der Waals surface area contributed by atoms with Gasteiger partial charge in [-0.15, -0.1) is 0 Å². The zero-order valence-electron chi connectivity index (χ0n) is 62.2. The Balaban J connectivity index is 1.64. The first-order valence-corrected chi connectivity index (χ1v) is 36.0. The molecule has 0 saturated heterocycles. The van der Waals surface area contributed by atoms with Crippen molar-refractivity contribution in [2.45, 2.75) is 111 Å². The molecular weight excluding hydrogens is 1270 g/mol. The number of nitrogens with one attached hydrogen (secondary N) is 5. The number of aryl methyl sites for hydroxylation is 4. The number of nitrogens with zero attached hydrogens (tertiary/aromatic N) is 7. The molecule has 16 heteroatoms. The van der Waals surface area contributed by atoms with Gasteiger partial charge in [-0.1, -0.05) is 112 Å².